The molecule has 6 heteroatoms. The van der Waals surface area contributed by atoms with Crippen LogP contribution in [0.1, 0.15) is 11.5 Å². The number of carbonyl (C=O) groups is 1. The number of benzene rings is 1. The summed E-state index contributed by atoms with van der Waals surface area (Å²) < 4.78 is 10.8. The maximum atomic E-state index is 11.7. The molecule has 0 spiro atoms. The van der Waals surface area contributed by atoms with Crippen LogP contribution in [0, 0.1) is 0 Å². The summed E-state index contributed by atoms with van der Waals surface area (Å²) in [6, 6.07) is 7.32. The zero-order chi connectivity index (χ0) is 13.8. The molecule has 0 aliphatic heterocycles. The molecular formula is C12H20O4Si2. The van der Waals surface area contributed by atoms with Crippen LogP contribution < -0.4 is 4.43 Å². The highest BCUT2D eigenvalue weighted by Crippen LogP contribution is 2.29. The molecule has 0 heterocycles. The predicted octanol–water partition coefficient (Wildman–Crippen LogP) is 0.800. The number of carbonyl (C=O) groups excluding carboxylic acids is 1. The molecule has 100 valence electrons. The van der Waals surface area contributed by atoms with Crippen molar-refractivity contribution in [2.45, 2.75) is 25.6 Å². The Hall–Kier alpha value is -1.12. The maximum absolute atomic E-state index is 11.7. The summed E-state index contributed by atoms with van der Waals surface area (Å²) in [6.45, 7) is 5.95. The Morgan fingerprint density at radius 3 is 2.50 bits per heavy atom. The van der Waals surface area contributed by atoms with Crippen LogP contribution in [-0.2, 0) is 9.22 Å². The van der Waals surface area contributed by atoms with E-state index in [0.717, 1.165) is 0 Å². The van der Waals surface area contributed by atoms with Crippen LogP contribution in [-0.4, -0.2) is 36.5 Å². The van der Waals surface area contributed by atoms with Crippen molar-refractivity contribution in [1.82, 2.24) is 0 Å². The first-order chi connectivity index (χ1) is 8.39. The lowest BCUT2D eigenvalue weighted by atomic mass is 9.99. The molecule has 4 nitrogen and oxygen atoms in total. The van der Waals surface area contributed by atoms with Gasteiger partial charge in [0.05, 0.1) is 6.61 Å². The SMILES string of the molecule is C[Si](C)(C)Oc1ccccc1C(CO)C(=O)O[SiH3]. The second-order valence-corrected chi connectivity index (χ2v) is 9.85. The van der Waals surface area contributed by atoms with Gasteiger partial charge in [-0.3, -0.25) is 4.79 Å². The van der Waals surface area contributed by atoms with Gasteiger partial charge in [-0.15, -0.1) is 0 Å². The van der Waals surface area contributed by atoms with Crippen molar-refractivity contribution in [1.29, 1.82) is 0 Å². The quantitative estimate of drug-likeness (QED) is 0.813. The lowest BCUT2D eigenvalue weighted by Gasteiger charge is -2.23. The monoisotopic (exact) mass is 284 g/mol. The van der Waals surface area contributed by atoms with E-state index in [1.54, 1.807) is 6.07 Å². The number of aliphatic hydroxyl groups is 1. The minimum Gasteiger partial charge on any atom is -0.544 e. The van der Waals surface area contributed by atoms with Crippen LogP contribution in [0.4, 0.5) is 0 Å². The maximum Gasteiger partial charge on any atom is 0.301 e. The highest BCUT2D eigenvalue weighted by molar-refractivity contribution is 6.70. The highest BCUT2D eigenvalue weighted by atomic mass is 28.4. The third-order valence-corrected chi connectivity index (χ3v) is 3.61. The minimum atomic E-state index is -1.76. The molecular weight excluding hydrogens is 264 g/mol. The number of hydrogen-bond acceptors (Lipinski definition) is 4. The Kier molecular flexibility index (Phi) is 5.12. The van der Waals surface area contributed by atoms with Crippen molar-refractivity contribution in [3.05, 3.63) is 29.8 Å². The fourth-order valence-electron chi connectivity index (χ4n) is 1.63. The first-order valence-corrected chi connectivity index (χ1v) is 10.1. The molecule has 0 saturated carbocycles. The third kappa shape index (κ3) is 3.97. The minimum absolute atomic E-state index is 0.271. The average Bonchev–Trinajstić information content (AvgIpc) is 2.30. The number of rotatable bonds is 5. The summed E-state index contributed by atoms with van der Waals surface area (Å²) in [4.78, 5) is 11.7. The van der Waals surface area contributed by atoms with Gasteiger partial charge in [-0.25, -0.2) is 0 Å². The Balaban J connectivity index is 3.11. The van der Waals surface area contributed by atoms with E-state index >= 15 is 0 Å². The molecule has 0 aliphatic carbocycles. The van der Waals surface area contributed by atoms with E-state index in [9.17, 15) is 9.90 Å². The molecule has 1 N–H and O–H groups in total. The van der Waals surface area contributed by atoms with Crippen molar-refractivity contribution >= 4 is 24.8 Å². The van der Waals surface area contributed by atoms with Crippen molar-refractivity contribution in [3.63, 3.8) is 0 Å². The van der Waals surface area contributed by atoms with E-state index < -0.39 is 20.2 Å². The number of aliphatic hydroxyl groups excluding tert-OH is 1. The summed E-state index contributed by atoms with van der Waals surface area (Å²) in [5, 5.41) is 9.37. The summed E-state index contributed by atoms with van der Waals surface area (Å²) in [6.07, 6.45) is 0. The normalized spacial score (nSPS) is 13.1. The molecule has 0 amide bonds. The van der Waals surface area contributed by atoms with Gasteiger partial charge in [0.2, 0.25) is 18.8 Å². The van der Waals surface area contributed by atoms with E-state index in [2.05, 4.69) is 19.6 Å². The van der Waals surface area contributed by atoms with Gasteiger partial charge in [-0.2, -0.15) is 0 Å². The molecule has 18 heavy (non-hydrogen) atoms. The molecule has 0 bridgehead atoms. The molecule has 1 aromatic rings. The molecule has 0 radical (unpaired) electrons. The summed E-state index contributed by atoms with van der Waals surface area (Å²) in [5.41, 5.74) is 0.697. The Bertz CT molecular complexity index is 415. The lowest BCUT2D eigenvalue weighted by molar-refractivity contribution is -0.136. The summed E-state index contributed by atoms with van der Waals surface area (Å²) in [5.74, 6) is -0.381. The summed E-state index contributed by atoms with van der Waals surface area (Å²) in [7, 11) is -1.43. The van der Waals surface area contributed by atoms with E-state index in [1.807, 2.05) is 18.2 Å². The van der Waals surface area contributed by atoms with Gasteiger partial charge >= 0.3 is 5.97 Å². The van der Waals surface area contributed by atoms with Crippen LogP contribution in [0.15, 0.2) is 24.3 Å². The molecule has 1 unspecified atom stereocenters. The fourth-order valence-corrected chi connectivity index (χ4v) is 2.76. The van der Waals surface area contributed by atoms with Gasteiger partial charge in [0, 0.05) is 5.56 Å². The Morgan fingerprint density at radius 1 is 1.39 bits per heavy atom. The lowest BCUT2D eigenvalue weighted by Crippen LogP contribution is -2.30. The number of para-hydroxylation sites is 1. The predicted molar refractivity (Wildman–Crippen MR) is 76.3 cm³/mol. The number of hydrogen-bond donors (Lipinski definition) is 1. The van der Waals surface area contributed by atoms with Crippen LogP contribution in [0.3, 0.4) is 0 Å². The molecule has 1 aromatic carbocycles. The standard InChI is InChI=1S/C12H20O4Si2/c1-18(2,3)16-11-7-5-4-6-9(11)10(8-13)12(14)15-17/h4-7,10,13H,8H2,1-3,17H3. The van der Waals surface area contributed by atoms with Gasteiger partial charge in [-0.05, 0) is 25.7 Å². The second kappa shape index (κ2) is 6.17. The molecule has 0 aliphatic rings. The summed E-state index contributed by atoms with van der Waals surface area (Å²) >= 11 is 0. The highest BCUT2D eigenvalue weighted by Gasteiger charge is 2.26. The van der Waals surface area contributed by atoms with Crippen LogP contribution in [0.5, 0.6) is 5.75 Å². The van der Waals surface area contributed by atoms with Crippen molar-refractivity contribution in [3.8, 4) is 5.75 Å². The van der Waals surface area contributed by atoms with Gasteiger partial charge in [-0.1, -0.05) is 18.2 Å². The van der Waals surface area contributed by atoms with Gasteiger partial charge < -0.3 is 14.0 Å². The second-order valence-electron chi connectivity index (χ2n) is 5.01. The van der Waals surface area contributed by atoms with E-state index in [1.165, 1.54) is 0 Å². The average molecular weight is 284 g/mol. The topological polar surface area (TPSA) is 55.8 Å². The van der Waals surface area contributed by atoms with Crippen LogP contribution >= 0.6 is 0 Å². The van der Waals surface area contributed by atoms with Crippen molar-refractivity contribution in [2.75, 3.05) is 6.61 Å². The Labute approximate surface area is 112 Å². The van der Waals surface area contributed by atoms with Gasteiger partial charge in [0.25, 0.3) is 0 Å². The van der Waals surface area contributed by atoms with Gasteiger partial charge in [0.1, 0.15) is 11.7 Å². The largest absolute Gasteiger partial charge is 0.544 e. The molecule has 0 saturated heterocycles. The van der Waals surface area contributed by atoms with Crippen LogP contribution in [0.25, 0.3) is 0 Å². The zero-order valence-corrected chi connectivity index (χ0v) is 14.3. The molecule has 0 aromatic heterocycles. The van der Waals surface area contributed by atoms with Crippen molar-refractivity contribution in [2.24, 2.45) is 0 Å². The molecule has 1 atom stereocenters. The smallest absolute Gasteiger partial charge is 0.301 e. The first kappa shape index (κ1) is 14.9. The van der Waals surface area contributed by atoms with Crippen molar-refractivity contribution < 1.29 is 18.8 Å². The van der Waals surface area contributed by atoms with Gasteiger partial charge in [0.15, 0.2) is 0 Å². The van der Waals surface area contributed by atoms with E-state index in [0.29, 0.717) is 21.8 Å². The van der Waals surface area contributed by atoms with E-state index in [4.69, 9.17) is 8.85 Å². The zero-order valence-electron chi connectivity index (χ0n) is 11.3. The molecule has 0 fully saturated rings. The van der Waals surface area contributed by atoms with Crippen LogP contribution in [0.2, 0.25) is 19.6 Å². The fraction of sp³-hybridized carbons (Fsp3) is 0.417. The third-order valence-electron chi connectivity index (χ3n) is 2.38. The first-order valence-electron chi connectivity index (χ1n) is 5.85. The van der Waals surface area contributed by atoms with E-state index in [-0.39, 0.29) is 6.61 Å². The molecule has 1 rings (SSSR count). The Morgan fingerprint density at radius 2 is 2.00 bits per heavy atom.